The first kappa shape index (κ1) is 102. The van der Waals surface area contributed by atoms with Crippen molar-refractivity contribution in [3.63, 3.8) is 0 Å². The van der Waals surface area contributed by atoms with Crippen LogP contribution in [0.5, 0.6) is 0 Å². The Labute approximate surface area is 638 Å². The summed E-state index contributed by atoms with van der Waals surface area (Å²) < 4.78 is 68.9. The molecule has 0 bridgehead atoms. The Morgan fingerprint density at radius 2 is 0.442 bits per heavy atom. The average Bonchev–Trinajstić information content (AvgIpc) is 0.953. The number of aliphatic hydroxyl groups excluding tert-OH is 1. The monoisotopic (exact) mass is 1520 g/mol. The molecule has 0 aromatic carbocycles. The summed E-state index contributed by atoms with van der Waals surface area (Å²) >= 11 is 0. The fourth-order valence-corrected chi connectivity index (χ4v) is 14.8. The van der Waals surface area contributed by atoms with Gasteiger partial charge in [0.2, 0.25) is 0 Å². The summed E-state index contributed by atoms with van der Waals surface area (Å²) in [5.41, 5.74) is 0. The quantitative estimate of drug-likeness (QED) is 0.0222. The molecular formula is C85H166O17P2. The molecule has 0 rings (SSSR count). The van der Waals surface area contributed by atoms with E-state index in [2.05, 4.69) is 48.5 Å². The third-order valence-corrected chi connectivity index (χ3v) is 21.8. The van der Waals surface area contributed by atoms with Crippen molar-refractivity contribution in [2.24, 2.45) is 17.8 Å². The summed E-state index contributed by atoms with van der Waals surface area (Å²) in [6.45, 7) is 12.0. The van der Waals surface area contributed by atoms with E-state index in [1.165, 1.54) is 257 Å². The molecule has 2 unspecified atom stereocenters. The van der Waals surface area contributed by atoms with Gasteiger partial charge in [-0.15, -0.1) is 0 Å². The number of ether oxygens (including phenoxy) is 4. The Balaban J connectivity index is 5.25. The number of carbonyl (C=O) groups is 4. The minimum Gasteiger partial charge on any atom is -0.462 e. The number of rotatable bonds is 83. The van der Waals surface area contributed by atoms with E-state index in [1.54, 1.807) is 0 Å². The number of carbonyl (C=O) groups excluding carboxylic acids is 4. The largest absolute Gasteiger partial charge is 0.472 e. The molecule has 0 aromatic heterocycles. The Morgan fingerprint density at radius 1 is 0.260 bits per heavy atom. The second-order valence-electron chi connectivity index (χ2n) is 32.0. The van der Waals surface area contributed by atoms with Crippen LogP contribution in [0.3, 0.4) is 0 Å². The van der Waals surface area contributed by atoms with E-state index in [0.29, 0.717) is 25.7 Å². The van der Waals surface area contributed by atoms with Gasteiger partial charge >= 0.3 is 39.5 Å². The average molecular weight is 1520 g/mol. The van der Waals surface area contributed by atoms with Gasteiger partial charge in [0, 0.05) is 25.7 Å². The molecule has 104 heavy (non-hydrogen) atoms. The second-order valence-corrected chi connectivity index (χ2v) is 34.9. The summed E-state index contributed by atoms with van der Waals surface area (Å²) in [7, 11) is -9.93. The van der Waals surface area contributed by atoms with Gasteiger partial charge in [-0.2, -0.15) is 0 Å². The van der Waals surface area contributed by atoms with Gasteiger partial charge in [-0.25, -0.2) is 9.13 Å². The van der Waals surface area contributed by atoms with Crippen molar-refractivity contribution in [2.75, 3.05) is 39.6 Å². The van der Waals surface area contributed by atoms with Crippen LogP contribution in [0.1, 0.15) is 447 Å². The van der Waals surface area contributed by atoms with E-state index in [1.807, 2.05) is 0 Å². The van der Waals surface area contributed by atoms with E-state index in [4.69, 9.17) is 37.0 Å². The molecule has 17 nitrogen and oxygen atoms in total. The highest BCUT2D eigenvalue weighted by atomic mass is 31.2. The van der Waals surface area contributed by atoms with Gasteiger partial charge in [0.15, 0.2) is 12.2 Å². The summed E-state index contributed by atoms with van der Waals surface area (Å²) in [5, 5.41) is 10.7. The maximum atomic E-state index is 13.1. The molecule has 0 spiro atoms. The molecule has 0 aliphatic carbocycles. The van der Waals surface area contributed by atoms with Crippen LogP contribution in [0.15, 0.2) is 0 Å². The number of aliphatic hydroxyl groups is 1. The number of phosphoric acid groups is 2. The van der Waals surface area contributed by atoms with Gasteiger partial charge in [-0.1, -0.05) is 395 Å². The highest BCUT2D eigenvalue weighted by Gasteiger charge is 2.30. The summed E-state index contributed by atoms with van der Waals surface area (Å²) in [6.07, 6.45) is 65.3. The minimum atomic E-state index is -4.97. The van der Waals surface area contributed by atoms with Gasteiger partial charge < -0.3 is 33.8 Å². The number of hydrogen-bond donors (Lipinski definition) is 3. The van der Waals surface area contributed by atoms with E-state index in [0.717, 1.165) is 108 Å². The van der Waals surface area contributed by atoms with Gasteiger partial charge in [0.25, 0.3) is 0 Å². The normalized spacial score (nSPS) is 13.9. The van der Waals surface area contributed by atoms with Crippen LogP contribution in [0.2, 0.25) is 0 Å². The molecule has 0 aliphatic rings. The minimum absolute atomic E-state index is 0.106. The van der Waals surface area contributed by atoms with Gasteiger partial charge in [-0.3, -0.25) is 37.3 Å². The third kappa shape index (κ3) is 78.2. The molecule has 19 heteroatoms. The topological polar surface area (TPSA) is 237 Å². The Morgan fingerprint density at radius 3 is 0.654 bits per heavy atom. The molecule has 0 heterocycles. The van der Waals surface area contributed by atoms with Crippen molar-refractivity contribution in [2.45, 2.75) is 465 Å². The second kappa shape index (κ2) is 75.1. The van der Waals surface area contributed by atoms with Crippen LogP contribution < -0.4 is 0 Å². The fourth-order valence-electron chi connectivity index (χ4n) is 13.2. The molecule has 0 saturated carbocycles. The zero-order valence-corrected chi connectivity index (χ0v) is 70.3. The highest BCUT2D eigenvalue weighted by molar-refractivity contribution is 7.47. The maximum absolute atomic E-state index is 13.1. The van der Waals surface area contributed by atoms with E-state index in [9.17, 15) is 43.2 Å². The summed E-state index contributed by atoms with van der Waals surface area (Å²) in [5.74, 6) is 0.214. The highest BCUT2D eigenvalue weighted by Crippen LogP contribution is 2.45. The third-order valence-electron chi connectivity index (χ3n) is 19.9. The first-order valence-electron chi connectivity index (χ1n) is 43.8. The van der Waals surface area contributed by atoms with Crippen LogP contribution in [0.25, 0.3) is 0 Å². The van der Waals surface area contributed by atoms with Gasteiger partial charge in [0.05, 0.1) is 26.4 Å². The van der Waals surface area contributed by atoms with Crippen LogP contribution in [0, 0.1) is 17.8 Å². The Hall–Kier alpha value is -1.94. The number of hydrogen-bond acceptors (Lipinski definition) is 15. The molecule has 0 aliphatic heterocycles. The van der Waals surface area contributed by atoms with Crippen molar-refractivity contribution in [1.29, 1.82) is 0 Å². The van der Waals surface area contributed by atoms with Crippen LogP contribution >= 0.6 is 15.6 Å². The van der Waals surface area contributed by atoms with Gasteiger partial charge in [-0.05, 0) is 43.4 Å². The molecule has 0 amide bonds. The zero-order chi connectivity index (χ0) is 76.5. The van der Waals surface area contributed by atoms with E-state index < -0.39 is 97.5 Å². The van der Waals surface area contributed by atoms with Crippen molar-refractivity contribution in [3.05, 3.63) is 0 Å². The molecule has 3 N–H and O–H groups in total. The number of unbranched alkanes of at least 4 members (excludes halogenated alkanes) is 51. The standard InChI is InChI=1S/C85H166O17P2/c1-8-9-10-11-12-13-14-15-16-17-18-19-23-26-29-38-45-52-59-66-82(87)95-72-80(101-84(89)68-61-54-47-40-30-27-24-21-20-22-25-28-35-42-49-56-63-76(2)3)74-99-103(91,92)97-70-79(86)71-98-104(93,94)100-75-81(102-85(90)69-62-55-48-41-34-32-37-44-51-58-65-78(6)7)73-96-83(88)67-60-53-46-39-33-31-36-43-50-57-64-77(4)5/h76-81,86H,8-75H2,1-7H3,(H,91,92)(H,93,94)/t79-,80-,81-/m1/s1. The Bertz CT molecular complexity index is 2010. The predicted molar refractivity (Wildman–Crippen MR) is 428 cm³/mol. The van der Waals surface area contributed by atoms with Crippen LogP contribution in [-0.2, 0) is 65.4 Å². The lowest BCUT2D eigenvalue weighted by Gasteiger charge is -2.21. The smallest absolute Gasteiger partial charge is 0.462 e. The fraction of sp³-hybridized carbons (Fsp3) is 0.953. The molecule has 0 radical (unpaired) electrons. The molecular weight excluding hydrogens is 1350 g/mol. The lowest BCUT2D eigenvalue weighted by Crippen LogP contribution is -2.30. The summed E-state index contributed by atoms with van der Waals surface area (Å²) in [4.78, 5) is 73.2. The first-order chi connectivity index (χ1) is 50.2. The predicted octanol–water partition coefficient (Wildman–Crippen LogP) is 25.7. The maximum Gasteiger partial charge on any atom is 0.472 e. The van der Waals surface area contributed by atoms with Crippen molar-refractivity contribution < 1.29 is 80.2 Å². The first-order valence-corrected chi connectivity index (χ1v) is 46.8. The molecule has 5 atom stereocenters. The SMILES string of the molecule is CCCCCCCCCCCCCCCCCCCCCC(=O)OC[C@H](COP(=O)(O)OC[C@@H](O)COP(=O)(O)OC[C@@H](COC(=O)CCCCCCCCCCCCC(C)C)OC(=O)CCCCCCCCCCCCC(C)C)OC(=O)CCCCCCCCCCCCCCCCCCC(C)C. The molecule has 0 fully saturated rings. The van der Waals surface area contributed by atoms with Crippen LogP contribution in [-0.4, -0.2) is 96.7 Å². The lowest BCUT2D eigenvalue weighted by atomic mass is 10.0. The van der Waals surface area contributed by atoms with Gasteiger partial charge in [0.1, 0.15) is 19.3 Å². The van der Waals surface area contributed by atoms with Crippen molar-refractivity contribution in [3.8, 4) is 0 Å². The molecule has 0 aromatic rings. The van der Waals surface area contributed by atoms with Crippen molar-refractivity contribution >= 4 is 39.5 Å². The van der Waals surface area contributed by atoms with Crippen LogP contribution in [0.4, 0.5) is 0 Å². The number of phosphoric ester groups is 2. The number of esters is 4. The van der Waals surface area contributed by atoms with E-state index in [-0.39, 0.29) is 25.7 Å². The zero-order valence-electron chi connectivity index (χ0n) is 68.5. The van der Waals surface area contributed by atoms with E-state index >= 15 is 0 Å². The molecule has 0 saturated heterocycles. The Kier molecular flexibility index (Phi) is 73.7. The lowest BCUT2D eigenvalue weighted by molar-refractivity contribution is -0.161. The summed E-state index contributed by atoms with van der Waals surface area (Å²) in [6, 6.07) is 0. The van der Waals surface area contributed by atoms with Crippen molar-refractivity contribution in [1.82, 2.24) is 0 Å². The molecule has 618 valence electrons.